The van der Waals surface area contributed by atoms with E-state index in [1.165, 1.54) is 12.8 Å². The highest BCUT2D eigenvalue weighted by Crippen LogP contribution is 2.20. The second kappa shape index (κ2) is 5.09. The monoisotopic (exact) mass is 159 g/mol. The predicted octanol–water partition coefficient (Wildman–Crippen LogP) is 0.918. The fourth-order valence-corrected chi connectivity index (χ4v) is 1.23. The van der Waals surface area contributed by atoms with E-state index in [-0.39, 0.29) is 12.9 Å². The van der Waals surface area contributed by atoms with Crippen LogP contribution in [-0.4, -0.2) is 19.4 Å². The van der Waals surface area contributed by atoms with Crippen LogP contribution in [0.5, 0.6) is 0 Å². The van der Waals surface area contributed by atoms with Gasteiger partial charge < -0.3 is 4.74 Å². The second-order valence-corrected chi connectivity index (χ2v) is 2.48. The molecular formula is C7H11O4. The Morgan fingerprint density at radius 3 is 2.73 bits per heavy atom. The summed E-state index contributed by atoms with van der Waals surface area (Å²) in [5.74, 6) is 0. The zero-order valence-corrected chi connectivity index (χ0v) is 6.25. The quantitative estimate of drug-likeness (QED) is 0.259. The lowest BCUT2D eigenvalue weighted by molar-refractivity contribution is -0.286. The Balaban J connectivity index is 1.89. The third-order valence-corrected chi connectivity index (χ3v) is 1.75. The summed E-state index contributed by atoms with van der Waals surface area (Å²) in [4.78, 5) is 17.6. The van der Waals surface area contributed by atoms with Gasteiger partial charge in [0.05, 0.1) is 6.10 Å². The van der Waals surface area contributed by atoms with Crippen LogP contribution < -0.4 is 0 Å². The zero-order valence-electron chi connectivity index (χ0n) is 6.25. The lowest BCUT2D eigenvalue weighted by Crippen LogP contribution is -2.10. The maximum Gasteiger partial charge on any atom is 0.453 e. The second-order valence-electron chi connectivity index (χ2n) is 2.48. The van der Waals surface area contributed by atoms with Crippen LogP contribution in [0.1, 0.15) is 25.7 Å². The normalized spacial score (nSPS) is 18.5. The van der Waals surface area contributed by atoms with Gasteiger partial charge in [0.2, 0.25) is 0 Å². The number of hydrogen-bond acceptors (Lipinski definition) is 4. The zero-order chi connectivity index (χ0) is 7.94. The Morgan fingerprint density at radius 2 is 2.09 bits per heavy atom. The summed E-state index contributed by atoms with van der Waals surface area (Å²) in [5, 5.41) is 0. The molecule has 4 nitrogen and oxygen atoms in total. The van der Waals surface area contributed by atoms with Crippen molar-refractivity contribution < 1.29 is 19.3 Å². The summed E-state index contributed by atoms with van der Waals surface area (Å²) in [7, 11) is 0. The fourth-order valence-electron chi connectivity index (χ4n) is 1.23. The molecule has 0 atom stereocenters. The number of rotatable bonds is 5. The maximum atomic E-state index is 9.47. The molecule has 0 spiro atoms. The molecule has 0 aromatic rings. The highest BCUT2D eigenvalue weighted by molar-refractivity contribution is 5.36. The van der Waals surface area contributed by atoms with E-state index in [4.69, 9.17) is 4.74 Å². The Hall–Kier alpha value is -0.610. The van der Waals surface area contributed by atoms with Gasteiger partial charge in [-0.15, -0.1) is 0 Å². The van der Waals surface area contributed by atoms with Crippen molar-refractivity contribution in [1.29, 1.82) is 0 Å². The molecule has 0 bridgehead atoms. The van der Waals surface area contributed by atoms with E-state index in [1.54, 1.807) is 0 Å². The molecular weight excluding hydrogens is 148 g/mol. The molecule has 1 rings (SSSR count). The number of hydrogen-bond donors (Lipinski definition) is 0. The van der Waals surface area contributed by atoms with E-state index < -0.39 is 0 Å². The van der Waals surface area contributed by atoms with Gasteiger partial charge in [0.15, 0.2) is 6.79 Å². The molecule has 1 aliphatic rings. The van der Waals surface area contributed by atoms with Crippen molar-refractivity contribution >= 4 is 6.47 Å². The first-order valence-electron chi connectivity index (χ1n) is 3.70. The van der Waals surface area contributed by atoms with Crippen molar-refractivity contribution in [2.24, 2.45) is 0 Å². The molecule has 0 amide bonds. The van der Waals surface area contributed by atoms with Crippen LogP contribution in [0, 0.1) is 0 Å². The molecule has 11 heavy (non-hydrogen) atoms. The van der Waals surface area contributed by atoms with E-state index in [0.717, 1.165) is 19.3 Å². The van der Waals surface area contributed by atoms with Crippen molar-refractivity contribution in [1.82, 2.24) is 0 Å². The Labute approximate surface area is 65.4 Å². The molecule has 0 saturated heterocycles. The van der Waals surface area contributed by atoms with Gasteiger partial charge in [0.1, 0.15) is 0 Å². The molecule has 0 N–H and O–H groups in total. The van der Waals surface area contributed by atoms with Gasteiger partial charge in [-0.2, -0.15) is 4.89 Å². The summed E-state index contributed by atoms with van der Waals surface area (Å²) in [5.41, 5.74) is 0. The highest BCUT2D eigenvalue weighted by atomic mass is 17.2. The van der Waals surface area contributed by atoms with Crippen LogP contribution in [-0.2, 0) is 19.3 Å². The first kappa shape index (κ1) is 8.49. The number of carbonyl (C=O) groups excluding carboxylic acids is 1. The van der Waals surface area contributed by atoms with Gasteiger partial charge in [0, 0.05) is 0 Å². The third kappa shape index (κ3) is 3.34. The summed E-state index contributed by atoms with van der Waals surface area (Å²) in [6.07, 6.45) is 4.86. The van der Waals surface area contributed by atoms with Crippen molar-refractivity contribution in [2.75, 3.05) is 6.79 Å². The smallest absolute Gasteiger partial charge is 0.348 e. The number of ether oxygens (including phenoxy) is 1. The minimum atomic E-state index is 0.0138. The minimum Gasteiger partial charge on any atom is -0.348 e. The molecule has 1 radical (unpaired) electrons. The SMILES string of the molecule is O=[C]OOCOC1CCCC1. The van der Waals surface area contributed by atoms with E-state index in [9.17, 15) is 4.79 Å². The van der Waals surface area contributed by atoms with Gasteiger partial charge in [0.25, 0.3) is 0 Å². The van der Waals surface area contributed by atoms with Crippen LogP contribution in [0.2, 0.25) is 0 Å². The van der Waals surface area contributed by atoms with Crippen LogP contribution in [0.3, 0.4) is 0 Å². The van der Waals surface area contributed by atoms with Crippen LogP contribution >= 0.6 is 0 Å². The topological polar surface area (TPSA) is 44.8 Å². The molecule has 1 aliphatic carbocycles. The van der Waals surface area contributed by atoms with Gasteiger partial charge in [-0.3, -0.25) is 4.89 Å². The highest BCUT2D eigenvalue weighted by Gasteiger charge is 2.14. The lowest BCUT2D eigenvalue weighted by Gasteiger charge is -2.08. The van der Waals surface area contributed by atoms with Crippen molar-refractivity contribution in [2.45, 2.75) is 31.8 Å². The molecule has 4 heteroatoms. The van der Waals surface area contributed by atoms with Gasteiger partial charge in [-0.05, 0) is 12.8 Å². The fraction of sp³-hybridized carbons (Fsp3) is 0.857. The Kier molecular flexibility index (Phi) is 3.93. The van der Waals surface area contributed by atoms with Crippen molar-refractivity contribution in [3.63, 3.8) is 0 Å². The predicted molar refractivity (Wildman–Crippen MR) is 36.1 cm³/mol. The first-order valence-corrected chi connectivity index (χ1v) is 3.70. The molecule has 63 valence electrons. The Bertz CT molecular complexity index is 109. The third-order valence-electron chi connectivity index (χ3n) is 1.75. The largest absolute Gasteiger partial charge is 0.453 e. The standard InChI is InChI=1S/C7H11O4/c8-5-10-11-6-9-7-3-1-2-4-7/h7H,1-4,6H2. The molecule has 0 unspecified atom stereocenters. The maximum absolute atomic E-state index is 9.47. The average Bonchev–Trinajstić information content (AvgIpc) is 2.50. The summed E-state index contributed by atoms with van der Waals surface area (Å²) in [6, 6.07) is 0. The van der Waals surface area contributed by atoms with Crippen molar-refractivity contribution in [3.8, 4) is 0 Å². The average molecular weight is 159 g/mol. The van der Waals surface area contributed by atoms with Crippen LogP contribution in [0.25, 0.3) is 0 Å². The first-order chi connectivity index (χ1) is 5.43. The van der Waals surface area contributed by atoms with Crippen LogP contribution in [0.4, 0.5) is 0 Å². The van der Waals surface area contributed by atoms with E-state index in [1.807, 2.05) is 0 Å². The van der Waals surface area contributed by atoms with Gasteiger partial charge in [-0.25, -0.2) is 4.79 Å². The minimum absolute atomic E-state index is 0.0138. The van der Waals surface area contributed by atoms with Crippen LogP contribution in [0.15, 0.2) is 0 Å². The molecule has 0 aromatic carbocycles. The summed E-state index contributed by atoms with van der Waals surface area (Å²) >= 11 is 0. The van der Waals surface area contributed by atoms with Gasteiger partial charge in [-0.1, -0.05) is 12.8 Å². The molecule has 0 aliphatic heterocycles. The molecule has 1 fully saturated rings. The summed E-state index contributed by atoms with van der Waals surface area (Å²) in [6.45, 7) is 1.15. The van der Waals surface area contributed by atoms with E-state index in [0.29, 0.717) is 0 Å². The summed E-state index contributed by atoms with van der Waals surface area (Å²) < 4.78 is 5.18. The molecule has 0 aromatic heterocycles. The lowest BCUT2D eigenvalue weighted by atomic mass is 10.3. The van der Waals surface area contributed by atoms with E-state index >= 15 is 0 Å². The van der Waals surface area contributed by atoms with Crippen molar-refractivity contribution in [3.05, 3.63) is 0 Å². The molecule has 0 heterocycles. The van der Waals surface area contributed by atoms with E-state index in [2.05, 4.69) is 9.78 Å². The van der Waals surface area contributed by atoms with Gasteiger partial charge >= 0.3 is 6.47 Å². The molecule has 1 saturated carbocycles. The Morgan fingerprint density at radius 1 is 1.36 bits per heavy atom.